The largest absolute Gasteiger partial charge is 0.342 e. The fourth-order valence-electron chi connectivity index (χ4n) is 0.443. The van der Waals surface area contributed by atoms with Crippen LogP contribution in [0.1, 0.15) is 26.7 Å². The summed E-state index contributed by atoms with van der Waals surface area (Å²) in [4.78, 5) is 0. The SMILES string of the molecule is CCCCOP(=S)(S)CC. The van der Waals surface area contributed by atoms with E-state index in [-0.39, 0.29) is 0 Å². The zero-order valence-electron chi connectivity index (χ0n) is 6.54. The van der Waals surface area contributed by atoms with Crippen LogP contribution in [0.2, 0.25) is 0 Å². The zero-order valence-corrected chi connectivity index (χ0v) is 9.14. The average molecular weight is 198 g/mol. The van der Waals surface area contributed by atoms with Crippen molar-refractivity contribution >= 4 is 29.5 Å². The molecule has 10 heavy (non-hydrogen) atoms. The standard InChI is InChI=1S/C6H15OPS2/c1-3-5-6-7-8(9,10)4-2/h3-6H2,1-2H3,(H,9,10). The lowest BCUT2D eigenvalue weighted by Crippen LogP contribution is -1.89. The summed E-state index contributed by atoms with van der Waals surface area (Å²) in [6.07, 6.45) is 3.14. The van der Waals surface area contributed by atoms with Gasteiger partial charge in [-0.25, -0.2) is 0 Å². The molecule has 4 heteroatoms. The Bertz CT molecular complexity index is 127. The van der Waals surface area contributed by atoms with E-state index in [4.69, 9.17) is 16.3 Å². The molecule has 0 aromatic carbocycles. The van der Waals surface area contributed by atoms with Crippen LogP contribution < -0.4 is 0 Å². The normalized spacial score (nSPS) is 16.7. The van der Waals surface area contributed by atoms with Gasteiger partial charge in [-0.15, -0.1) is 12.2 Å². The minimum atomic E-state index is -1.68. The topological polar surface area (TPSA) is 9.23 Å². The van der Waals surface area contributed by atoms with E-state index in [1.54, 1.807) is 0 Å². The second-order valence-electron chi connectivity index (χ2n) is 2.14. The van der Waals surface area contributed by atoms with E-state index in [1.807, 2.05) is 6.92 Å². The lowest BCUT2D eigenvalue weighted by Gasteiger charge is -2.12. The molecular weight excluding hydrogens is 183 g/mol. The quantitative estimate of drug-likeness (QED) is 0.413. The second-order valence-corrected chi connectivity index (χ2v) is 8.83. The molecule has 0 fully saturated rings. The molecule has 0 rings (SSSR count). The molecule has 0 aromatic heterocycles. The average Bonchev–Trinajstić information content (AvgIpc) is 1.89. The predicted molar refractivity (Wildman–Crippen MR) is 54.7 cm³/mol. The molecule has 0 saturated heterocycles. The molecule has 0 radical (unpaired) electrons. The third-order valence-corrected chi connectivity index (χ3v) is 4.86. The van der Waals surface area contributed by atoms with Crippen molar-refractivity contribution in [1.29, 1.82) is 0 Å². The highest BCUT2D eigenvalue weighted by molar-refractivity contribution is 8.61. The van der Waals surface area contributed by atoms with Crippen LogP contribution in [0, 0.1) is 0 Å². The maximum Gasteiger partial charge on any atom is 0.116 e. The number of unbranched alkanes of at least 4 members (excludes halogenated alkanes) is 1. The van der Waals surface area contributed by atoms with Gasteiger partial charge in [0.1, 0.15) is 5.47 Å². The summed E-state index contributed by atoms with van der Waals surface area (Å²) in [5.41, 5.74) is -1.68. The molecule has 0 saturated carbocycles. The molecule has 0 aliphatic rings. The smallest absolute Gasteiger partial charge is 0.116 e. The minimum absolute atomic E-state index is 0.783. The molecule has 0 aliphatic heterocycles. The molecular formula is C6H15OPS2. The van der Waals surface area contributed by atoms with Gasteiger partial charge >= 0.3 is 0 Å². The first-order valence-corrected chi connectivity index (χ1v) is 7.64. The van der Waals surface area contributed by atoms with Crippen molar-refractivity contribution in [2.45, 2.75) is 26.7 Å². The van der Waals surface area contributed by atoms with Crippen LogP contribution in [0.15, 0.2) is 0 Å². The predicted octanol–water partition coefficient (Wildman–Crippen LogP) is 3.06. The highest BCUT2D eigenvalue weighted by Gasteiger charge is 2.06. The third-order valence-electron chi connectivity index (χ3n) is 1.19. The zero-order chi connectivity index (χ0) is 8.04. The number of thiol groups is 1. The molecule has 0 aromatic rings. The molecule has 0 spiro atoms. The van der Waals surface area contributed by atoms with Crippen molar-refractivity contribution in [1.82, 2.24) is 0 Å². The van der Waals surface area contributed by atoms with E-state index in [0.717, 1.165) is 25.6 Å². The van der Waals surface area contributed by atoms with Crippen molar-refractivity contribution in [3.8, 4) is 0 Å². The number of rotatable bonds is 5. The van der Waals surface area contributed by atoms with Gasteiger partial charge in [0, 0.05) is 6.16 Å². The summed E-state index contributed by atoms with van der Waals surface area (Å²) in [7, 11) is 0. The van der Waals surface area contributed by atoms with Gasteiger partial charge in [-0.2, -0.15) is 0 Å². The van der Waals surface area contributed by atoms with E-state index >= 15 is 0 Å². The lowest BCUT2D eigenvalue weighted by atomic mass is 10.4. The first kappa shape index (κ1) is 11.0. The van der Waals surface area contributed by atoms with Crippen LogP contribution in [0.4, 0.5) is 0 Å². The first-order chi connectivity index (χ1) is 4.62. The Balaban J connectivity index is 3.38. The Hall–Kier alpha value is 0.960. The number of hydrogen-bond donors (Lipinski definition) is 1. The Labute approximate surface area is 73.8 Å². The van der Waals surface area contributed by atoms with Crippen molar-refractivity contribution in [3.63, 3.8) is 0 Å². The van der Waals surface area contributed by atoms with Crippen LogP contribution in [0.25, 0.3) is 0 Å². The van der Waals surface area contributed by atoms with Crippen LogP contribution in [0.5, 0.6) is 0 Å². The van der Waals surface area contributed by atoms with Gasteiger partial charge in [0.25, 0.3) is 0 Å². The van der Waals surface area contributed by atoms with Gasteiger partial charge in [0.2, 0.25) is 0 Å². The van der Waals surface area contributed by atoms with Crippen molar-refractivity contribution < 1.29 is 4.52 Å². The summed E-state index contributed by atoms with van der Waals surface area (Å²) < 4.78 is 5.41. The summed E-state index contributed by atoms with van der Waals surface area (Å²) in [5.74, 6) is 0. The molecule has 0 N–H and O–H groups in total. The Morgan fingerprint density at radius 3 is 2.50 bits per heavy atom. The van der Waals surface area contributed by atoms with E-state index in [9.17, 15) is 0 Å². The van der Waals surface area contributed by atoms with Gasteiger partial charge in [0.05, 0.1) is 6.61 Å². The van der Waals surface area contributed by atoms with Gasteiger partial charge in [-0.05, 0) is 6.42 Å². The lowest BCUT2D eigenvalue weighted by molar-refractivity contribution is 0.348. The van der Waals surface area contributed by atoms with Crippen LogP contribution in [-0.4, -0.2) is 12.8 Å². The maximum atomic E-state index is 5.41. The van der Waals surface area contributed by atoms with Gasteiger partial charge in [-0.1, -0.05) is 32.1 Å². The van der Waals surface area contributed by atoms with E-state index in [1.165, 1.54) is 0 Å². The second kappa shape index (κ2) is 5.59. The van der Waals surface area contributed by atoms with Crippen molar-refractivity contribution in [3.05, 3.63) is 0 Å². The van der Waals surface area contributed by atoms with E-state index < -0.39 is 5.47 Å². The summed E-state index contributed by atoms with van der Waals surface area (Å²) >= 11 is 9.37. The Morgan fingerprint density at radius 1 is 1.50 bits per heavy atom. The molecule has 0 amide bonds. The monoisotopic (exact) mass is 198 g/mol. The van der Waals surface area contributed by atoms with Gasteiger partial charge in [-0.3, -0.25) is 0 Å². The molecule has 62 valence electrons. The molecule has 0 aliphatic carbocycles. The minimum Gasteiger partial charge on any atom is -0.342 e. The first-order valence-electron chi connectivity index (χ1n) is 3.58. The van der Waals surface area contributed by atoms with Crippen LogP contribution in [0.3, 0.4) is 0 Å². The van der Waals surface area contributed by atoms with E-state index in [0.29, 0.717) is 0 Å². The van der Waals surface area contributed by atoms with Gasteiger partial charge in [0.15, 0.2) is 0 Å². The molecule has 0 bridgehead atoms. The van der Waals surface area contributed by atoms with Crippen molar-refractivity contribution in [2.24, 2.45) is 0 Å². The summed E-state index contributed by atoms with van der Waals surface area (Å²) in [6.45, 7) is 4.95. The Kier molecular flexibility index (Phi) is 6.13. The maximum absolute atomic E-state index is 5.41. The third kappa shape index (κ3) is 5.72. The highest BCUT2D eigenvalue weighted by Crippen LogP contribution is 2.51. The van der Waals surface area contributed by atoms with Crippen LogP contribution in [-0.2, 0) is 16.3 Å². The molecule has 0 heterocycles. The fraction of sp³-hybridized carbons (Fsp3) is 1.00. The van der Waals surface area contributed by atoms with Gasteiger partial charge < -0.3 is 4.52 Å². The highest BCUT2D eigenvalue weighted by atomic mass is 32.9. The fourth-order valence-corrected chi connectivity index (χ4v) is 1.51. The molecule has 1 nitrogen and oxygen atoms in total. The Morgan fingerprint density at radius 2 is 2.10 bits per heavy atom. The summed E-state index contributed by atoms with van der Waals surface area (Å²) in [5, 5.41) is 0. The molecule has 1 unspecified atom stereocenters. The molecule has 1 atom stereocenters. The van der Waals surface area contributed by atoms with E-state index in [2.05, 4.69) is 19.2 Å². The van der Waals surface area contributed by atoms with Crippen LogP contribution >= 0.6 is 17.7 Å². The summed E-state index contributed by atoms with van der Waals surface area (Å²) in [6, 6.07) is 0. The van der Waals surface area contributed by atoms with Crippen molar-refractivity contribution in [2.75, 3.05) is 12.8 Å². The number of hydrogen-bond acceptors (Lipinski definition) is 2.